The minimum Gasteiger partial charge on any atom is -0.491 e. The number of H-pyrrole nitrogens is 1. The molecule has 1 atom stereocenters. The zero-order valence-electron chi connectivity index (χ0n) is 20.7. The average molecular weight is 513 g/mol. The maximum atomic E-state index is 12.2. The van der Waals surface area contributed by atoms with Crippen LogP contribution >= 0.6 is 0 Å². The molecule has 0 aliphatic carbocycles. The summed E-state index contributed by atoms with van der Waals surface area (Å²) in [5.41, 5.74) is 2.20. The Bertz CT molecular complexity index is 1390. The summed E-state index contributed by atoms with van der Waals surface area (Å²) in [4.78, 5) is 25.4. The van der Waals surface area contributed by atoms with E-state index in [2.05, 4.69) is 15.0 Å². The molecule has 0 fully saturated rings. The summed E-state index contributed by atoms with van der Waals surface area (Å²) in [6.07, 6.45) is 2.40. The van der Waals surface area contributed by atoms with Crippen LogP contribution in [0.25, 0.3) is 11.3 Å². The Morgan fingerprint density at radius 3 is 2.44 bits per heavy atom. The number of ether oxygens (including phenoxy) is 3. The van der Waals surface area contributed by atoms with Crippen molar-refractivity contribution in [2.45, 2.75) is 31.0 Å². The van der Waals surface area contributed by atoms with Crippen LogP contribution in [0.5, 0.6) is 17.2 Å². The van der Waals surface area contributed by atoms with Crippen LogP contribution in [-0.4, -0.2) is 74.2 Å². The minimum atomic E-state index is -3.40. The van der Waals surface area contributed by atoms with Crippen molar-refractivity contribution in [1.82, 2.24) is 14.9 Å². The molecule has 10 nitrogen and oxygen atoms in total. The number of aromatic nitrogens is 2. The summed E-state index contributed by atoms with van der Waals surface area (Å²) in [6, 6.07) is 11.5. The number of nitrogens with one attached hydrogen (secondary N) is 1. The fourth-order valence-electron chi connectivity index (χ4n) is 3.54. The third kappa shape index (κ3) is 5.85. The highest BCUT2D eigenvalue weighted by Gasteiger charge is 2.28. The first kappa shape index (κ1) is 25.2. The standard InChI is InChI=1S/C25H28N4O6S/c1-15(2)34-18-10-16(11-19(12-18)35-17-6-9-23(26-13-17)36(5,31)32)20-7-8-21(27-20)24-28-22(14-33-24)25(30)29(3)4/h6-13,15,22,27H,14H2,1-5H3. The maximum absolute atomic E-state index is 12.2. The van der Waals surface area contributed by atoms with Crippen molar-refractivity contribution in [3.05, 3.63) is 54.4 Å². The van der Waals surface area contributed by atoms with Crippen LogP contribution in [-0.2, 0) is 19.4 Å². The molecule has 1 amide bonds. The maximum Gasteiger partial charge on any atom is 0.250 e. The highest BCUT2D eigenvalue weighted by atomic mass is 32.2. The van der Waals surface area contributed by atoms with Crippen molar-refractivity contribution in [3.63, 3.8) is 0 Å². The summed E-state index contributed by atoms with van der Waals surface area (Å²) < 4.78 is 40.9. The zero-order valence-corrected chi connectivity index (χ0v) is 21.5. The SMILES string of the molecule is CC(C)Oc1cc(Oc2ccc(S(C)(=O)=O)nc2)cc(-c2ccc(C3=NC(C(=O)N(C)C)CO3)[nH]2)c1. The molecular formula is C25H28N4O6S. The number of aliphatic imine (C=N–C) groups is 1. The lowest BCUT2D eigenvalue weighted by Gasteiger charge is -2.14. The highest BCUT2D eigenvalue weighted by molar-refractivity contribution is 7.90. The van der Waals surface area contributed by atoms with E-state index in [0.717, 1.165) is 17.5 Å². The number of carbonyl (C=O) groups excluding carboxylic acids is 1. The number of likely N-dealkylation sites (N-methyl/N-ethyl adjacent to an activating group) is 1. The van der Waals surface area contributed by atoms with Gasteiger partial charge in [0.25, 0.3) is 5.91 Å². The van der Waals surface area contributed by atoms with Gasteiger partial charge >= 0.3 is 0 Å². The Kier molecular flexibility index (Phi) is 7.02. The summed E-state index contributed by atoms with van der Waals surface area (Å²) in [5.74, 6) is 1.73. The summed E-state index contributed by atoms with van der Waals surface area (Å²) >= 11 is 0. The lowest BCUT2D eigenvalue weighted by molar-refractivity contribution is -0.130. The fraction of sp³-hybridized carbons (Fsp3) is 0.320. The Hall–Kier alpha value is -3.86. The number of hydrogen-bond donors (Lipinski definition) is 1. The second-order valence-corrected chi connectivity index (χ2v) is 10.8. The Labute approximate surface area is 209 Å². The number of rotatable bonds is 8. The van der Waals surface area contributed by atoms with Gasteiger partial charge in [0.15, 0.2) is 20.9 Å². The molecule has 0 bridgehead atoms. The molecule has 1 aliphatic heterocycles. The molecule has 0 saturated carbocycles. The van der Waals surface area contributed by atoms with E-state index in [4.69, 9.17) is 14.2 Å². The van der Waals surface area contributed by atoms with Crippen LogP contribution in [0.2, 0.25) is 0 Å². The van der Waals surface area contributed by atoms with E-state index in [1.54, 1.807) is 26.2 Å². The molecule has 1 N–H and O–H groups in total. The molecule has 3 aromatic rings. The number of aromatic amines is 1. The third-order valence-electron chi connectivity index (χ3n) is 5.18. The van der Waals surface area contributed by atoms with E-state index in [0.29, 0.717) is 28.8 Å². The van der Waals surface area contributed by atoms with E-state index >= 15 is 0 Å². The first-order chi connectivity index (χ1) is 17.0. The van der Waals surface area contributed by atoms with Gasteiger partial charge in [-0.1, -0.05) is 0 Å². The van der Waals surface area contributed by atoms with Crippen molar-refractivity contribution in [3.8, 4) is 28.5 Å². The smallest absolute Gasteiger partial charge is 0.250 e. The molecule has 0 radical (unpaired) electrons. The summed E-state index contributed by atoms with van der Waals surface area (Å²) in [7, 11) is -0.0344. The largest absolute Gasteiger partial charge is 0.491 e. The van der Waals surface area contributed by atoms with Crippen LogP contribution in [0.3, 0.4) is 0 Å². The lowest BCUT2D eigenvalue weighted by atomic mass is 10.1. The van der Waals surface area contributed by atoms with Gasteiger partial charge in [0.2, 0.25) is 5.90 Å². The zero-order chi connectivity index (χ0) is 26.0. The molecule has 2 aromatic heterocycles. The topological polar surface area (TPSA) is 123 Å². The molecule has 4 rings (SSSR count). The quantitative estimate of drug-likeness (QED) is 0.491. The van der Waals surface area contributed by atoms with Gasteiger partial charge in [0.05, 0.1) is 12.3 Å². The van der Waals surface area contributed by atoms with Gasteiger partial charge in [-0.15, -0.1) is 0 Å². The number of hydrogen-bond acceptors (Lipinski definition) is 8. The van der Waals surface area contributed by atoms with Gasteiger partial charge in [-0.2, -0.15) is 0 Å². The predicted octanol–water partition coefficient (Wildman–Crippen LogP) is 3.29. The molecule has 1 aromatic carbocycles. The molecule has 11 heteroatoms. The Morgan fingerprint density at radius 2 is 1.81 bits per heavy atom. The van der Waals surface area contributed by atoms with E-state index in [1.165, 1.54) is 17.2 Å². The number of sulfone groups is 1. The van der Waals surface area contributed by atoms with Gasteiger partial charge < -0.3 is 24.1 Å². The predicted molar refractivity (Wildman–Crippen MR) is 134 cm³/mol. The van der Waals surface area contributed by atoms with Crippen LogP contribution in [0.1, 0.15) is 19.5 Å². The molecule has 1 unspecified atom stereocenters. The highest BCUT2D eigenvalue weighted by Crippen LogP contribution is 2.33. The van der Waals surface area contributed by atoms with Gasteiger partial charge in [-0.3, -0.25) is 4.79 Å². The van der Waals surface area contributed by atoms with Crippen molar-refractivity contribution < 1.29 is 27.4 Å². The molecule has 36 heavy (non-hydrogen) atoms. The van der Waals surface area contributed by atoms with E-state index < -0.39 is 15.9 Å². The lowest BCUT2D eigenvalue weighted by Crippen LogP contribution is -2.33. The second-order valence-electron chi connectivity index (χ2n) is 8.85. The van der Waals surface area contributed by atoms with Crippen molar-refractivity contribution in [2.75, 3.05) is 27.0 Å². The minimum absolute atomic E-state index is 0.0297. The van der Waals surface area contributed by atoms with Gasteiger partial charge in [-0.25, -0.2) is 18.4 Å². The number of carbonyl (C=O) groups is 1. The van der Waals surface area contributed by atoms with Crippen LogP contribution in [0.4, 0.5) is 0 Å². The third-order valence-corrected chi connectivity index (χ3v) is 6.18. The van der Waals surface area contributed by atoms with Crippen molar-refractivity contribution in [2.24, 2.45) is 4.99 Å². The van der Waals surface area contributed by atoms with Crippen LogP contribution < -0.4 is 9.47 Å². The summed E-state index contributed by atoms with van der Waals surface area (Å²) in [6.45, 7) is 4.05. The van der Waals surface area contributed by atoms with Crippen LogP contribution in [0.15, 0.2) is 58.7 Å². The second kappa shape index (κ2) is 10.0. The van der Waals surface area contributed by atoms with Crippen molar-refractivity contribution >= 4 is 21.6 Å². The van der Waals surface area contributed by atoms with E-state index in [1.807, 2.05) is 38.1 Å². The van der Waals surface area contributed by atoms with Gasteiger partial charge in [0, 0.05) is 37.7 Å². The molecule has 190 valence electrons. The molecule has 1 aliphatic rings. The normalized spacial score (nSPS) is 15.4. The summed E-state index contributed by atoms with van der Waals surface area (Å²) in [5, 5.41) is -0.0297. The van der Waals surface area contributed by atoms with Crippen molar-refractivity contribution in [1.29, 1.82) is 0 Å². The Morgan fingerprint density at radius 1 is 1.08 bits per heavy atom. The first-order valence-corrected chi connectivity index (χ1v) is 13.2. The van der Waals surface area contributed by atoms with Gasteiger partial charge in [0.1, 0.15) is 29.5 Å². The monoisotopic (exact) mass is 512 g/mol. The average Bonchev–Trinajstić information content (AvgIpc) is 3.48. The first-order valence-electron chi connectivity index (χ1n) is 11.3. The number of pyridine rings is 1. The number of nitrogens with zero attached hydrogens (tertiary/aromatic N) is 3. The molecule has 3 heterocycles. The van der Waals surface area contributed by atoms with E-state index in [9.17, 15) is 13.2 Å². The van der Waals surface area contributed by atoms with Crippen LogP contribution in [0, 0.1) is 0 Å². The fourth-order valence-corrected chi connectivity index (χ4v) is 4.10. The number of amides is 1. The Balaban J connectivity index is 1.61. The van der Waals surface area contributed by atoms with E-state index in [-0.39, 0.29) is 23.6 Å². The number of benzene rings is 1. The molecular weight excluding hydrogens is 484 g/mol. The molecule has 0 saturated heterocycles. The molecule has 0 spiro atoms. The van der Waals surface area contributed by atoms with Gasteiger partial charge in [-0.05, 0) is 50.2 Å².